The van der Waals surface area contributed by atoms with Crippen LogP contribution in [0.15, 0.2) is 0 Å². The summed E-state index contributed by atoms with van der Waals surface area (Å²) in [7, 11) is 0. The third-order valence-corrected chi connectivity index (χ3v) is 4.27. The van der Waals surface area contributed by atoms with Crippen LogP contribution >= 0.6 is 0 Å². The van der Waals surface area contributed by atoms with Crippen molar-refractivity contribution in [1.29, 1.82) is 0 Å². The summed E-state index contributed by atoms with van der Waals surface area (Å²) in [5, 5.41) is 9.60. The van der Waals surface area contributed by atoms with Crippen LogP contribution in [-0.2, 0) is 9.53 Å². The van der Waals surface area contributed by atoms with Gasteiger partial charge in [-0.1, -0.05) is 26.7 Å². The van der Waals surface area contributed by atoms with Gasteiger partial charge in [0.1, 0.15) is 0 Å². The first-order valence-corrected chi connectivity index (χ1v) is 6.91. The molecule has 0 bridgehead atoms. The minimum Gasteiger partial charge on any atom is -0.481 e. The smallest absolute Gasteiger partial charge is 0.312 e. The van der Waals surface area contributed by atoms with Gasteiger partial charge in [0.05, 0.1) is 11.5 Å². The molecule has 2 unspecified atom stereocenters. The molecule has 2 aliphatic rings. The zero-order valence-electron chi connectivity index (χ0n) is 10.9. The van der Waals surface area contributed by atoms with E-state index in [-0.39, 0.29) is 6.10 Å². The topological polar surface area (TPSA) is 46.5 Å². The van der Waals surface area contributed by atoms with Gasteiger partial charge in [0.2, 0.25) is 0 Å². The summed E-state index contributed by atoms with van der Waals surface area (Å²) in [6.07, 6.45) is 5.94. The maximum atomic E-state index is 11.7. The summed E-state index contributed by atoms with van der Waals surface area (Å²) in [6, 6.07) is 0. The Morgan fingerprint density at radius 3 is 2.71 bits per heavy atom. The molecule has 1 aliphatic carbocycles. The predicted molar refractivity (Wildman–Crippen MR) is 65.8 cm³/mol. The zero-order valence-corrected chi connectivity index (χ0v) is 10.9. The summed E-state index contributed by atoms with van der Waals surface area (Å²) in [4.78, 5) is 11.7. The van der Waals surface area contributed by atoms with Crippen LogP contribution in [0.3, 0.4) is 0 Å². The highest BCUT2D eigenvalue weighted by atomic mass is 16.5. The van der Waals surface area contributed by atoms with Gasteiger partial charge in [-0.05, 0) is 37.5 Å². The van der Waals surface area contributed by atoms with Gasteiger partial charge in [-0.15, -0.1) is 0 Å². The van der Waals surface area contributed by atoms with Crippen molar-refractivity contribution in [2.75, 3.05) is 6.61 Å². The van der Waals surface area contributed by atoms with E-state index in [4.69, 9.17) is 4.74 Å². The van der Waals surface area contributed by atoms with Crippen molar-refractivity contribution in [2.24, 2.45) is 17.3 Å². The van der Waals surface area contributed by atoms with Crippen molar-refractivity contribution in [1.82, 2.24) is 0 Å². The van der Waals surface area contributed by atoms with Gasteiger partial charge in [-0.25, -0.2) is 0 Å². The van der Waals surface area contributed by atoms with Gasteiger partial charge in [-0.2, -0.15) is 0 Å². The Labute approximate surface area is 104 Å². The largest absolute Gasteiger partial charge is 0.481 e. The van der Waals surface area contributed by atoms with Crippen molar-refractivity contribution in [3.63, 3.8) is 0 Å². The summed E-state index contributed by atoms with van der Waals surface area (Å²) in [5.74, 6) is 0.547. The van der Waals surface area contributed by atoms with Crippen LogP contribution < -0.4 is 0 Å². The fraction of sp³-hybridized carbons (Fsp3) is 0.929. The van der Waals surface area contributed by atoms with Crippen molar-refractivity contribution in [2.45, 2.75) is 58.5 Å². The van der Waals surface area contributed by atoms with Crippen LogP contribution in [0.25, 0.3) is 0 Å². The van der Waals surface area contributed by atoms with E-state index in [0.29, 0.717) is 24.9 Å². The van der Waals surface area contributed by atoms with Crippen LogP contribution in [0.5, 0.6) is 0 Å². The van der Waals surface area contributed by atoms with E-state index in [0.717, 1.165) is 32.1 Å². The molecule has 0 aromatic carbocycles. The number of carboxylic acid groups (broad SMARTS) is 1. The molecule has 98 valence electrons. The Kier molecular flexibility index (Phi) is 3.76. The molecule has 1 heterocycles. The fourth-order valence-electron chi connectivity index (χ4n) is 3.08. The molecule has 0 spiro atoms. The lowest BCUT2D eigenvalue weighted by molar-refractivity contribution is -0.154. The second kappa shape index (κ2) is 4.97. The van der Waals surface area contributed by atoms with E-state index in [9.17, 15) is 9.90 Å². The summed E-state index contributed by atoms with van der Waals surface area (Å²) >= 11 is 0. The van der Waals surface area contributed by atoms with E-state index in [1.807, 2.05) is 0 Å². The molecule has 3 heteroatoms. The molecular formula is C14H24O3. The summed E-state index contributed by atoms with van der Waals surface area (Å²) < 4.78 is 5.73. The Balaban J connectivity index is 2.00. The van der Waals surface area contributed by atoms with Gasteiger partial charge in [0.15, 0.2) is 0 Å². The highest BCUT2D eigenvalue weighted by Crippen LogP contribution is 2.50. The van der Waals surface area contributed by atoms with Crippen molar-refractivity contribution < 1.29 is 14.6 Å². The van der Waals surface area contributed by atoms with Crippen molar-refractivity contribution in [3.05, 3.63) is 0 Å². The van der Waals surface area contributed by atoms with E-state index in [1.54, 1.807) is 0 Å². The first-order chi connectivity index (χ1) is 8.06. The average molecular weight is 240 g/mol. The predicted octanol–water partition coefficient (Wildman–Crippen LogP) is 3.08. The molecule has 2 rings (SSSR count). The molecule has 1 N–H and O–H groups in total. The number of hydrogen-bond acceptors (Lipinski definition) is 2. The van der Waals surface area contributed by atoms with Gasteiger partial charge >= 0.3 is 5.97 Å². The lowest BCUT2D eigenvalue weighted by Crippen LogP contribution is -2.40. The fourth-order valence-corrected chi connectivity index (χ4v) is 3.08. The van der Waals surface area contributed by atoms with E-state index in [1.165, 1.54) is 0 Å². The van der Waals surface area contributed by atoms with Crippen LogP contribution in [-0.4, -0.2) is 23.8 Å². The molecule has 0 aromatic heterocycles. The monoisotopic (exact) mass is 240 g/mol. The standard InChI is InChI=1S/C14H24O3/c1-10(2)4-3-7-14(13(15)16)8-9-17-12(14)11-5-6-11/h10-12H,3-9H2,1-2H3,(H,15,16). The van der Waals surface area contributed by atoms with E-state index in [2.05, 4.69) is 13.8 Å². The maximum Gasteiger partial charge on any atom is 0.312 e. The molecule has 0 radical (unpaired) electrons. The second-order valence-corrected chi connectivity index (χ2v) is 6.13. The molecular weight excluding hydrogens is 216 g/mol. The normalized spacial score (nSPS) is 33.2. The lowest BCUT2D eigenvalue weighted by atomic mass is 9.74. The maximum absolute atomic E-state index is 11.7. The Morgan fingerprint density at radius 1 is 1.47 bits per heavy atom. The molecule has 2 atom stereocenters. The quantitative estimate of drug-likeness (QED) is 0.776. The molecule has 1 saturated carbocycles. The molecule has 17 heavy (non-hydrogen) atoms. The molecule has 1 saturated heterocycles. The third kappa shape index (κ3) is 2.65. The molecule has 0 amide bonds. The number of rotatable bonds is 6. The Bertz CT molecular complexity index is 283. The first kappa shape index (κ1) is 12.9. The Morgan fingerprint density at radius 2 is 2.18 bits per heavy atom. The zero-order chi connectivity index (χ0) is 12.5. The highest BCUT2D eigenvalue weighted by Gasteiger charge is 2.55. The first-order valence-electron chi connectivity index (χ1n) is 6.91. The number of ether oxygens (including phenoxy) is 1. The number of carboxylic acids is 1. The van der Waals surface area contributed by atoms with Gasteiger partial charge in [0, 0.05) is 6.61 Å². The van der Waals surface area contributed by atoms with Gasteiger partial charge < -0.3 is 9.84 Å². The second-order valence-electron chi connectivity index (χ2n) is 6.13. The minimum absolute atomic E-state index is 0.00726. The lowest BCUT2D eigenvalue weighted by Gasteiger charge is -2.30. The van der Waals surface area contributed by atoms with Crippen LogP contribution in [0.1, 0.15) is 52.4 Å². The van der Waals surface area contributed by atoms with Crippen molar-refractivity contribution >= 4 is 5.97 Å². The summed E-state index contributed by atoms with van der Waals surface area (Å²) in [6.45, 7) is 5.02. The number of aliphatic carboxylic acids is 1. The van der Waals surface area contributed by atoms with Crippen molar-refractivity contribution in [3.8, 4) is 0 Å². The van der Waals surface area contributed by atoms with Gasteiger partial charge in [0.25, 0.3) is 0 Å². The minimum atomic E-state index is -0.629. The van der Waals surface area contributed by atoms with E-state index >= 15 is 0 Å². The molecule has 1 aliphatic heterocycles. The third-order valence-electron chi connectivity index (χ3n) is 4.27. The molecule has 0 aromatic rings. The average Bonchev–Trinajstić information content (AvgIpc) is 2.99. The van der Waals surface area contributed by atoms with Gasteiger partial charge in [-0.3, -0.25) is 4.79 Å². The number of carbonyl (C=O) groups is 1. The molecule has 2 fully saturated rings. The van der Waals surface area contributed by atoms with Crippen LogP contribution in [0, 0.1) is 17.3 Å². The van der Waals surface area contributed by atoms with Crippen LogP contribution in [0.4, 0.5) is 0 Å². The highest BCUT2D eigenvalue weighted by molar-refractivity contribution is 5.76. The molecule has 3 nitrogen and oxygen atoms in total. The summed E-state index contributed by atoms with van der Waals surface area (Å²) in [5.41, 5.74) is -0.573. The van der Waals surface area contributed by atoms with E-state index < -0.39 is 11.4 Å². The Hall–Kier alpha value is -0.570. The van der Waals surface area contributed by atoms with Crippen LogP contribution in [0.2, 0.25) is 0 Å². The SMILES string of the molecule is CC(C)CCCC1(C(=O)O)CCOC1C1CC1. The number of hydrogen-bond donors (Lipinski definition) is 1.